The molecule has 3 rings (SSSR count). The molecule has 0 aliphatic rings. The second-order valence-corrected chi connectivity index (χ2v) is 7.63. The van der Waals surface area contributed by atoms with Crippen LogP contribution in [0, 0.1) is 13.8 Å². The molecule has 0 spiro atoms. The van der Waals surface area contributed by atoms with Crippen molar-refractivity contribution in [3.05, 3.63) is 53.6 Å². The Bertz CT molecular complexity index is 925. The van der Waals surface area contributed by atoms with Crippen molar-refractivity contribution in [2.45, 2.75) is 25.1 Å². The minimum atomic E-state index is -0.606. The summed E-state index contributed by atoms with van der Waals surface area (Å²) in [7, 11) is 3.56. The number of thioether (sulfide) groups is 1. The van der Waals surface area contributed by atoms with E-state index in [-0.39, 0.29) is 6.61 Å². The third-order valence-electron chi connectivity index (χ3n) is 4.36. The highest BCUT2D eigenvalue weighted by Crippen LogP contribution is 2.25. The van der Waals surface area contributed by atoms with Crippen LogP contribution < -0.4 is 9.47 Å². The normalized spacial score (nSPS) is 12.0. The van der Waals surface area contributed by atoms with Crippen molar-refractivity contribution in [2.75, 3.05) is 19.5 Å². The zero-order valence-electron chi connectivity index (χ0n) is 16.5. The Morgan fingerprint density at radius 3 is 2.57 bits per heavy atom. The molecule has 1 atom stereocenters. The molecule has 1 aromatic heterocycles. The summed E-state index contributed by atoms with van der Waals surface area (Å²) in [6.07, 6.45) is -0.606. The van der Waals surface area contributed by atoms with Gasteiger partial charge in [0.15, 0.2) is 11.0 Å². The molecule has 0 fully saturated rings. The Labute approximate surface area is 169 Å². The van der Waals surface area contributed by atoms with E-state index in [1.165, 1.54) is 11.8 Å². The molecule has 2 aromatic carbocycles. The Hall–Kier alpha value is -2.51. The predicted molar refractivity (Wildman–Crippen MR) is 111 cm³/mol. The van der Waals surface area contributed by atoms with E-state index in [0.29, 0.717) is 5.75 Å². The van der Waals surface area contributed by atoms with E-state index < -0.39 is 6.10 Å². The summed E-state index contributed by atoms with van der Waals surface area (Å²) in [6, 6.07) is 13.7. The Balaban J connectivity index is 1.57. The SMILES string of the molecule is COc1ccc(-c2nnc(SCC(O)COc3cc(C)ccc3C)n2C)cc1. The van der Waals surface area contributed by atoms with Crippen LogP contribution >= 0.6 is 11.8 Å². The number of ether oxygens (including phenoxy) is 2. The molecule has 3 aromatic rings. The van der Waals surface area contributed by atoms with Crippen molar-refractivity contribution in [1.29, 1.82) is 0 Å². The molecule has 28 heavy (non-hydrogen) atoms. The van der Waals surface area contributed by atoms with Crippen LogP contribution in [0.2, 0.25) is 0 Å². The summed E-state index contributed by atoms with van der Waals surface area (Å²) >= 11 is 1.46. The fourth-order valence-corrected chi connectivity index (χ4v) is 3.52. The molecule has 0 amide bonds. The average Bonchev–Trinajstić information content (AvgIpc) is 3.07. The molecule has 148 valence electrons. The largest absolute Gasteiger partial charge is 0.497 e. The van der Waals surface area contributed by atoms with Crippen LogP contribution in [0.5, 0.6) is 11.5 Å². The number of aryl methyl sites for hydroxylation is 2. The van der Waals surface area contributed by atoms with Crippen molar-refractivity contribution < 1.29 is 14.6 Å². The lowest BCUT2D eigenvalue weighted by Crippen LogP contribution is -2.20. The molecule has 1 N–H and O–H groups in total. The van der Waals surface area contributed by atoms with Crippen molar-refractivity contribution in [2.24, 2.45) is 7.05 Å². The number of hydrogen-bond acceptors (Lipinski definition) is 6. The molecular weight excluding hydrogens is 374 g/mol. The van der Waals surface area contributed by atoms with Gasteiger partial charge in [-0.15, -0.1) is 10.2 Å². The van der Waals surface area contributed by atoms with E-state index >= 15 is 0 Å². The molecule has 0 aliphatic carbocycles. The molecule has 0 radical (unpaired) electrons. The minimum absolute atomic E-state index is 0.237. The number of aliphatic hydroxyl groups is 1. The van der Waals surface area contributed by atoms with Gasteiger partial charge in [-0.05, 0) is 55.3 Å². The van der Waals surface area contributed by atoms with E-state index in [1.807, 2.05) is 67.9 Å². The maximum absolute atomic E-state index is 10.3. The quantitative estimate of drug-likeness (QED) is 0.583. The van der Waals surface area contributed by atoms with E-state index in [9.17, 15) is 5.11 Å². The number of hydrogen-bond donors (Lipinski definition) is 1. The van der Waals surface area contributed by atoms with Crippen molar-refractivity contribution in [3.8, 4) is 22.9 Å². The first kappa shape index (κ1) is 20.2. The molecule has 1 unspecified atom stereocenters. The van der Waals surface area contributed by atoms with Gasteiger partial charge in [0.05, 0.1) is 13.2 Å². The Kier molecular flexibility index (Phi) is 6.59. The maximum Gasteiger partial charge on any atom is 0.191 e. The van der Waals surface area contributed by atoms with Crippen LogP contribution in [0.25, 0.3) is 11.4 Å². The molecule has 7 heteroatoms. The van der Waals surface area contributed by atoms with Gasteiger partial charge in [-0.3, -0.25) is 0 Å². The van der Waals surface area contributed by atoms with Crippen molar-refractivity contribution in [1.82, 2.24) is 14.8 Å². The Morgan fingerprint density at radius 1 is 1.11 bits per heavy atom. The third kappa shape index (κ3) is 4.85. The minimum Gasteiger partial charge on any atom is -0.497 e. The first-order valence-corrected chi connectivity index (χ1v) is 10.0. The summed E-state index contributed by atoms with van der Waals surface area (Å²) in [4.78, 5) is 0. The highest BCUT2D eigenvalue weighted by Gasteiger charge is 2.14. The molecule has 0 saturated heterocycles. The fourth-order valence-electron chi connectivity index (χ4n) is 2.70. The van der Waals surface area contributed by atoms with Crippen LogP contribution in [0.3, 0.4) is 0 Å². The lowest BCUT2D eigenvalue weighted by molar-refractivity contribution is 0.126. The highest BCUT2D eigenvalue weighted by molar-refractivity contribution is 7.99. The molecular formula is C21H25N3O3S. The summed E-state index contributed by atoms with van der Waals surface area (Å²) < 4.78 is 12.9. The number of methoxy groups -OCH3 is 1. The number of benzene rings is 2. The van der Waals surface area contributed by atoms with E-state index in [2.05, 4.69) is 10.2 Å². The second-order valence-electron chi connectivity index (χ2n) is 6.64. The van der Waals surface area contributed by atoms with Crippen LogP contribution in [-0.2, 0) is 7.05 Å². The van der Waals surface area contributed by atoms with Gasteiger partial charge in [0.25, 0.3) is 0 Å². The smallest absolute Gasteiger partial charge is 0.191 e. The molecule has 6 nitrogen and oxygen atoms in total. The van der Waals surface area contributed by atoms with Gasteiger partial charge in [0, 0.05) is 18.4 Å². The number of aromatic nitrogens is 3. The Morgan fingerprint density at radius 2 is 1.86 bits per heavy atom. The van der Waals surface area contributed by atoms with E-state index in [0.717, 1.165) is 39.2 Å². The first-order chi connectivity index (χ1) is 13.5. The molecule has 0 aliphatic heterocycles. The maximum atomic E-state index is 10.3. The van der Waals surface area contributed by atoms with Gasteiger partial charge in [-0.1, -0.05) is 23.9 Å². The van der Waals surface area contributed by atoms with Gasteiger partial charge < -0.3 is 19.1 Å². The second kappa shape index (κ2) is 9.12. The van der Waals surface area contributed by atoms with Crippen molar-refractivity contribution in [3.63, 3.8) is 0 Å². The van der Waals surface area contributed by atoms with Gasteiger partial charge >= 0.3 is 0 Å². The third-order valence-corrected chi connectivity index (χ3v) is 5.53. The fraction of sp³-hybridized carbons (Fsp3) is 0.333. The highest BCUT2D eigenvalue weighted by atomic mass is 32.2. The zero-order chi connectivity index (χ0) is 20.1. The van der Waals surface area contributed by atoms with Gasteiger partial charge in [-0.25, -0.2) is 0 Å². The van der Waals surface area contributed by atoms with Gasteiger partial charge in [0.1, 0.15) is 18.1 Å². The summed E-state index contributed by atoms with van der Waals surface area (Å²) in [5, 5.41) is 19.6. The van der Waals surface area contributed by atoms with Crippen LogP contribution in [0.15, 0.2) is 47.6 Å². The predicted octanol–water partition coefficient (Wildman–Crippen LogP) is 3.64. The monoisotopic (exact) mass is 399 g/mol. The summed E-state index contributed by atoms with van der Waals surface area (Å²) in [5.41, 5.74) is 3.15. The first-order valence-electron chi connectivity index (χ1n) is 9.02. The molecule has 1 heterocycles. The topological polar surface area (TPSA) is 69.4 Å². The summed E-state index contributed by atoms with van der Waals surface area (Å²) in [5.74, 6) is 2.85. The summed E-state index contributed by atoms with van der Waals surface area (Å²) in [6.45, 7) is 4.25. The lowest BCUT2D eigenvalue weighted by atomic mass is 10.1. The van der Waals surface area contributed by atoms with E-state index in [1.54, 1.807) is 7.11 Å². The van der Waals surface area contributed by atoms with E-state index in [4.69, 9.17) is 9.47 Å². The van der Waals surface area contributed by atoms with Crippen LogP contribution in [0.1, 0.15) is 11.1 Å². The average molecular weight is 400 g/mol. The van der Waals surface area contributed by atoms with Gasteiger partial charge in [0.2, 0.25) is 0 Å². The number of rotatable bonds is 8. The number of nitrogens with zero attached hydrogens (tertiary/aromatic N) is 3. The molecule has 0 bridgehead atoms. The standard InChI is InChI=1S/C21H25N3O3S/c1-14-5-6-15(2)19(11-14)27-12-17(25)13-28-21-23-22-20(24(21)3)16-7-9-18(26-4)10-8-16/h5-11,17,25H,12-13H2,1-4H3. The van der Waals surface area contributed by atoms with Gasteiger partial charge in [-0.2, -0.15) is 0 Å². The van der Waals surface area contributed by atoms with Crippen LogP contribution in [-0.4, -0.2) is 45.4 Å². The van der Waals surface area contributed by atoms with Crippen molar-refractivity contribution >= 4 is 11.8 Å². The molecule has 0 saturated carbocycles. The zero-order valence-corrected chi connectivity index (χ0v) is 17.4. The number of aliphatic hydroxyl groups excluding tert-OH is 1. The lowest BCUT2D eigenvalue weighted by Gasteiger charge is -2.14. The van der Waals surface area contributed by atoms with Crippen LogP contribution in [0.4, 0.5) is 0 Å².